The number of nitrogen functional groups attached to an aromatic ring is 1. The van der Waals surface area contributed by atoms with Gasteiger partial charge < -0.3 is 20.9 Å². The van der Waals surface area contributed by atoms with Crippen molar-refractivity contribution in [3.8, 4) is 0 Å². The van der Waals surface area contributed by atoms with Gasteiger partial charge in [0.05, 0.1) is 4.88 Å². The minimum atomic E-state index is -0.580. The smallest absolute Gasteiger partial charge is 0.225 e. The Morgan fingerprint density at radius 3 is 2.45 bits per heavy atom. The third-order valence-electron chi connectivity index (χ3n) is 6.33. The van der Waals surface area contributed by atoms with Gasteiger partial charge in [-0.3, -0.25) is 4.79 Å². The second kappa shape index (κ2) is 9.48. The van der Waals surface area contributed by atoms with E-state index in [2.05, 4.69) is 22.2 Å². The first-order valence-corrected chi connectivity index (χ1v) is 11.6. The van der Waals surface area contributed by atoms with E-state index in [1.807, 2.05) is 4.90 Å². The van der Waals surface area contributed by atoms with Gasteiger partial charge in [0.2, 0.25) is 5.91 Å². The number of carbonyl (C=O) groups excluding carboxylic acids is 1. The molecule has 0 unspecified atom stereocenters. The number of piperidine rings is 2. The fourth-order valence-corrected chi connectivity index (χ4v) is 5.32. The molecule has 0 radical (unpaired) electrons. The summed E-state index contributed by atoms with van der Waals surface area (Å²) in [6, 6.07) is 4.04. The molecule has 2 saturated heterocycles. The Morgan fingerprint density at radius 2 is 1.81 bits per heavy atom. The highest BCUT2D eigenvalue weighted by molar-refractivity contribution is 7.16. The minimum Gasteiger partial charge on any atom is -0.383 e. The molecule has 6 nitrogen and oxygen atoms in total. The number of halogens is 2. The minimum absolute atomic E-state index is 0.00475. The van der Waals surface area contributed by atoms with Crippen LogP contribution in [-0.2, 0) is 11.2 Å². The van der Waals surface area contributed by atoms with E-state index in [0.29, 0.717) is 21.7 Å². The van der Waals surface area contributed by atoms with Crippen LogP contribution in [-0.4, -0.2) is 60.0 Å². The van der Waals surface area contributed by atoms with E-state index in [1.165, 1.54) is 29.5 Å². The average Bonchev–Trinajstić information content (AvgIpc) is 3.10. The van der Waals surface area contributed by atoms with Crippen molar-refractivity contribution in [1.82, 2.24) is 14.8 Å². The fourth-order valence-electron chi connectivity index (χ4n) is 4.35. The number of carbonyl (C=O) groups is 1. The van der Waals surface area contributed by atoms with Crippen LogP contribution < -0.4 is 11.1 Å². The molecule has 0 saturated carbocycles. The quantitative estimate of drug-likeness (QED) is 0.732. The highest BCUT2D eigenvalue weighted by Gasteiger charge is 2.30. The van der Waals surface area contributed by atoms with E-state index in [0.717, 1.165) is 51.9 Å². The zero-order valence-electron chi connectivity index (χ0n) is 17.7. The van der Waals surface area contributed by atoms with E-state index in [4.69, 9.17) is 5.73 Å². The summed E-state index contributed by atoms with van der Waals surface area (Å²) in [4.78, 5) is 22.1. The lowest BCUT2D eigenvalue weighted by atomic mass is 9.94. The third-order valence-corrected chi connectivity index (χ3v) is 7.33. The number of amides is 1. The number of hydrogen-bond donors (Lipinski definition) is 2. The number of rotatable bonds is 5. The SMILES string of the molecule is CN1CCC(C(=O)N2CCC(Nc3nc(N)c(Cc4c(F)cccc4F)s3)CC2)CC1. The molecule has 2 aliphatic rings. The molecular weight excluding hydrogens is 420 g/mol. The standard InChI is InChI=1S/C22H29F2N5OS/c1-28-9-5-14(6-10-28)21(30)29-11-7-15(8-12-29)26-22-27-20(25)19(31-22)13-16-17(23)3-2-4-18(16)24/h2-4,14-15H,5-13,25H2,1H3,(H,26,27). The molecule has 3 heterocycles. The van der Waals surface area contributed by atoms with Gasteiger partial charge in [0, 0.05) is 37.0 Å². The van der Waals surface area contributed by atoms with Crippen molar-refractivity contribution in [3.63, 3.8) is 0 Å². The van der Waals surface area contributed by atoms with Crippen LogP contribution in [0.15, 0.2) is 18.2 Å². The summed E-state index contributed by atoms with van der Waals surface area (Å²) in [6.45, 7) is 3.44. The first-order chi connectivity index (χ1) is 14.9. The number of hydrogen-bond acceptors (Lipinski definition) is 6. The van der Waals surface area contributed by atoms with Gasteiger partial charge in [0.1, 0.15) is 17.5 Å². The fraction of sp³-hybridized carbons (Fsp3) is 0.545. The summed E-state index contributed by atoms with van der Waals surface area (Å²) in [5.41, 5.74) is 6.01. The van der Waals surface area contributed by atoms with Crippen LogP contribution >= 0.6 is 11.3 Å². The van der Waals surface area contributed by atoms with Crippen LogP contribution in [0.5, 0.6) is 0 Å². The van der Waals surface area contributed by atoms with Gasteiger partial charge in [-0.1, -0.05) is 17.4 Å². The van der Waals surface area contributed by atoms with E-state index >= 15 is 0 Å². The van der Waals surface area contributed by atoms with Gasteiger partial charge >= 0.3 is 0 Å². The Balaban J connectivity index is 1.31. The zero-order valence-corrected chi connectivity index (χ0v) is 18.6. The van der Waals surface area contributed by atoms with E-state index in [-0.39, 0.29) is 23.9 Å². The summed E-state index contributed by atoms with van der Waals surface area (Å²) >= 11 is 1.33. The van der Waals surface area contributed by atoms with E-state index in [1.54, 1.807) is 0 Å². The number of likely N-dealkylation sites (tertiary alicyclic amines) is 2. The number of benzene rings is 1. The maximum absolute atomic E-state index is 14.0. The number of nitrogens with zero attached hydrogens (tertiary/aromatic N) is 3. The van der Waals surface area contributed by atoms with Crippen molar-refractivity contribution in [2.75, 3.05) is 44.3 Å². The molecule has 2 aromatic rings. The van der Waals surface area contributed by atoms with Crippen LogP contribution in [0.4, 0.5) is 19.7 Å². The molecule has 3 N–H and O–H groups in total. The van der Waals surface area contributed by atoms with Crippen molar-refractivity contribution in [2.45, 2.75) is 38.1 Å². The number of aromatic nitrogens is 1. The first-order valence-electron chi connectivity index (χ1n) is 10.8. The summed E-state index contributed by atoms with van der Waals surface area (Å²) in [6.07, 6.45) is 3.64. The predicted octanol–water partition coefficient (Wildman–Crippen LogP) is 3.34. The zero-order chi connectivity index (χ0) is 22.0. The maximum atomic E-state index is 14.0. The number of nitrogens with one attached hydrogen (secondary N) is 1. The van der Waals surface area contributed by atoms with Gasteiger partial charge in [-0.05, 0) is 58.0 Å². The molecule has 2 fully saturated rings. The van der Waals surface area contributed by atoms with Crippen molar-refractivity contribution in [2.24, 2.45) is 5.92 Å². The van der Waals surface area contributed by atoms with Crippen molar-refractivity contribution in [1.29, 1.82) is 0 Å². The van der Waals surface area contributed by atoms with Crippen LogP contribution in [0.1, 0.15) is 36.1 Å². The molecule has 4 rings (SSSR count). The van der Waals surface area contributed by atoms with Gasteiger partial charge in [-0.2, -0.15) is 0 Å². The normalized spacial score (nSPS) is 19.0. The largest absolute Gasteiger partial charge is 0.383 e. The van der Waals surface area contributed by atoms with Crippen molar-refractivity contribution in [3.05, 3.63) is 40.3 Å². The lowest BCUT2D eigenvalue weighted by Crippen LogP contribution is -2.46. The van der Waals surface area contributed by atoms with Crippen LogP contribution in [0.25, 0.3) is 0 Å². The van der Waals surface area contributed by atoms with Crippen LogP contribution in [0, 0.1) is 17.6 Å². The van der Waals surface area contributed by atoms with E-state index in [9.17, 15) is 13.6 Å². The first kappa shape index (κ1) is 22.0. The Hall–Kier alpha value is -2.26. The molecule has 9 heteroatoms. The molecular formula is C22H29F2N5OS. The van der Waals surface area contributed by atoms with Gasteiger partial charge in [0.25, 0.3) is 0 Å². The molecule has 2 aliphatic heterocycles. The lowest BCUT2D eigenvalue weighted by molar-refractivity contribution is -0.137. The summed E-state index contributed by atoms with van der Waals surface area (Å²) in [5, 5.41) is 4.05. The second-order valence-electron chi connectivity index (χ2n) is 8.53. The topological polar surface area (TPSA) is 74.5 Å². The molecule has 31 heavy (non-hydrogen) atoms. The number of thiazole rings is 1. The Bertz CT molecular complexity index is 900. The number of anilines is 2. The molecule has 0 spiro atoms. The molecule has 168 valence electrons. The lowest BCUT2D eigenvalue weighted by Gasteiger charge is -2.36. The van der Waals surface area contributed by atoms with Crippen LogP contribution in [0.2, 0.25) is 0 Å². The summed E-state index contributed by atoms with van der Waals surface area (Å²) in [7, 11) is 2.10. The monoisotopic (exact) mass is 449 g/mol. The highest BCUT2D eigenvalue weighted by Crippen LogP contribution is 2.30. The van der Waals surface area contributed by atoms with Crippen LogP contribution in [0.3, 0.4) is 0 Å². The molecule has 1 aromatic carbocycles. The summed E-state index contributed by atoms with van der Waals surface area (Å²) < 4.78 is 27.9. The Kier molecular flexibility index (Phi) is 6.71. The molecule has 0 atom stereocenters. The molecule has 1 aromatic heterocycles. The van der Waals surface area contributed by atoms with Crippen molar-refractivity contribution < 1.29 is 13.6 Å². The van der Waals surface area contributed by atoms with Gasteiger partial charge in [-0.25, -0.2) is 13.8 Å². The van der Waals surface area contributed by atoms with E-state index < -0.39 is 11.6 Å². The third kappa shape index (κ3) is 5.15. The number of nitrogens with two attached hydrogens (primary N) is 1. The van der Waals surface area contributed by atoms with Crippen molar-refractivity contribution >= 4 is 28.2 Å². The Morgan fingerprint density at radius 1 is 1.16 bits per heavy atom. The maximum Gasteiger partial charge on any atom is 0.225 e. The Labute approximate surface area is 185 Å². The second-order valence-corrected chi connectivity index (χ2v) is 9.61. The molecule has 1 amide bonds. The molecule has 0 bridgehead atoms. The average molecular weight is 450 g/mol. The predicted molar refractivity (Wildman–Crippen MR) is 119 cm³/mol. The highest BCUT2D eigenvalue weighted by atomic mass is 32.1. The summed E-state index contributed by atoms with van der Waals surface area (Å²) in [5.74, 6) is -0.419. The molecule has 0 aliphatic carbocycles. The van der Waals surface area contributed by atoms with Gasteiger partial charge in [0.15, 0.2) is 5.13 Å². The van der Waals surface area contributed by atoms with Gasteiger partial charge in [-0.15, -0.1) is 0 Å².